The maximum absolute atomic E-state index is 13.5. The molecule has 0 saturated carbocycles. The number of rotatable bonds is 3. The molecule has 20 heavy (non-hydrogen) atoms. The third-order valence-corrected chi connectivity index (χ3v) is 4.23. The molecule has 1 aromatic heterocycles. The van der Waals surface area contributed by atoms with Gasteiger partial charge in [-0.3, -0.25) is 4.79 Å². The SMILES string of the molecule is O=C(O)C1CCc2sc(Nc3cc(F)ccc3F)nc21. The lowest BCUT2D eigenvalue weighted by Gasteiger charge is -2.05. The number of carbonyl (C=O) groups is 1. The van der Waals surface area contributed by atoms with Crippen molar-refractivity contribution < 1.29 is 18.7 Å². The molecule has 0 radical (unpaired) electrons. The lowest BCUT2D eigenvalue weighted by atomic mass is 10.1. The smallest absolute Gasteiger partial charge is 0.312 e. The summed E-state index contributed by atoms with van der Waals surface area (Å²) in [6.07, 6.45) is 1.19. The van der Waals surface area contributed by atoms with Crippen molar-refractivity contribution in [2.24, 2.45) is 0 Å². The Kier molecular flexibility index (Phi) is 3.13. The Morgan fingerprint density at radius 2 is 2.25 bits per heavy atom. The largest absolute Gasteiger partial charge is 0.481 e. The van der Waals surface area contributed by atoms with Gasteiger partial charge in [-0.25, -0.2) is 13.8 Å². The molecular formula is C13H10F2N2O2S. The van der Waals surface area contributed by atoms with E-state index in [0.29, 0.717) is 23.7 Å². The fourth-order valence-corrected chi connectivity index (χ4v) is 3.28. The van der Waals surface area contributed by atoms with Gasteiger partial charge in [-0.2, -0.15) is 0 Å². The second-order valence-corrected chi connectivity index (χ2v) is 5.59. The lowest BCUT2D eigenvalue weighted by molar-refractivity contribution is -0.138. The third-order valence-electron chi connectivity index (χ3n) is 3.19. The minimum atomic E-state index is -0.905. The Balaban J connectivity index is 1.88. The van der Waals surface area contributed by atoms with Crippen molar-refractivity contribution in [2.75, 3.05) is 5.32 Å². The van der Waals surface area contributed by atoms with E-state index in [2.05, 4.69) is 10.3 Å². The highest BCUT2D eigenvalue weighted by atomic mass is 32.1. The van der Waals surface area contributed by atoms with Crippen LogP contribution < -0.4 is 5.32 Å². The van der Waals surface area contributed by atoms with Gasteiger partial charge in [-0.15, -0.1) is 11.3 Å². The molecule has 104 valence electrons. The van der Waals surface area contributed by atoms with Gasteiger partial charge in [-0.05, 0) is 25.0 Å². The third kappa shape index (κ3) is 2.24. The van der Waals surface area contributed by atoms with Gasteiger partial charge in [0, 0.05) is 10.9 Å². The standard InChI is InChI=1S/C13H10F2N2O2S/c14-6-1-3-8(15)9(5-6)16-13-17-11-7(12(18)19)2-4-10(11)20-13/h1,3,5,7H,2,4H2,(H,16,17)(H,18,19). The Hall–Kier alpha value is -2.02. The molecule has 0 amide bonds. The van der Waals surface area contributed by atoms with Crippen LogP contribution >= 0.6 is 11.3 Å². The van der Waals surface area contributed by atoms with Gasteiger partial charge in [0.1, 0.15) is 17.6 Å². The highest BCUT2D eigenvalue weighted by molar-refractivity contribution is 7.15. The molecule has 0 aliphatic heterocycles. The number of aliphatic carboxylic acids is 1. The first-order chi connectivity index (χ1) is 9.54. The van der Waals surface area contributed by atoms with Crippen LogP contribution in [0.5, 0.6) is 0 Å². The molecule has 0 bridgehead atoms. The molecule has 0 fully saturated rings. The van der Waals surface area contributed by atoms with Gasteiger partial charge in [0.25, 0.3) is 0 Å². The predicted molar refractivity (Wildman–Crippen MR) is 70.5 cm³/mol. The number of halogens is 2. The van der Waals surface area contributed by atoms with E-state index in [0.717, 1.165) is 23.1 Å². The van der Waals surface area contributed by atoms with Crippen molar-refractivity contribution in [2.45, 2.75) is 18.8 Å². The van der Waals surface area contributed by atoms with E-state index in [9.17, 15) is 13.6 Å². The molecule has 2 aromatic rings. The van der Waals surface area contributed by atoms with Crippen molar-refractivity contribution in [1.82, 2.24) is 4.98 Å². The molecule has 1 aromatic carbocycles. The van der Waals surface area contributed by atoms with E-state index in [-0.39, 0.29) is 5.69 Å². The minimum Gasteiger partial charge on any atom is -0.481 e. The van der Waals surface area contributed by atoms with E-state index < -0.39 is 23.5 Å². The fourth-order valence-electron chi connectivity index (χ4n) is 2.23. The highest BCUT2D eigenvalue weighted by Crippen LogP contribution is 2.39. The number of anilines is 2. The molecule has 1 unspecified atom stereocenters. The summed E-state index contributed by atoms with van der Waals surface area (Å²) in [5.74, 6) is -2.65. The van der Waals surface area contributed by atoms with Crippen molar-refractivity contribution in [3.8, 4) is 0 Å². The van der Waals surface area contributed by atoms with Crippen molar-refractivity contribution in [3.63, 3.8) is 0 Å². The summed E-state index contributed by atoms with van der Waals surface area (Å²) in [4.78, 5) is 16.1. The predicted octanol–water partition coefficient (Wildman–Crippen LogP) is 3.28. The second kappa shape index (κ2) is 4.82. The molecular weight excluding hydrogens is 286 g/mol. The van der Waals surface area contributed by atoms with Crippen molar-refractivity contribution in [3.05, 3.63) is 40.4 Å². The molecule has 0 saturated heterocycles. The van der Waals surface area contributed by atoms with E-state index in [1.165, 1.54) is 11.3 Å². The summed E-state index contributed by atoms with van der Waals surface area (Å²) < 4.78 is 26.6. The average Bonchev–Trinajstić information content (AvgIpc) is 2.92. The summed E-state index contributed by atoms with van der Waals surface area (Å²) in [6.45, 7) is 0. The average molecular weight is 296 g/mol. The Labute approximate surface area is 117 Å². The second-order valence-electron chi connectivity index (χ2n) is 4.51. The van der Waals surface area contributed by atoms with Crippen LogP contribution in [-0.2, 0) is 11.2 Å². The molecule has 3 rings (SSSR count). The zero-order chi connectivity index (χ0) is 14.3. The van der Waals surface area contributed by atoms with Crippen LogP contribution in [0, 0.1) is 11.6 Å². The number of nitrogens with one attached hydrogen (secondary N) is 1. The van der Waals surface area contributed by atoms with Crippen molar-refractivity contribution in [1.29, 1.82) is 0 Å². The molecule has 1 aliphatic rings. The maximum atomic E-state index is 13.5. The summed E-state index contributed by atoms with van der Waals surface area (Å²) in [7, 11) is 0. The topological polar surface area (TPSA) is 62.2 Å². The molecule has 0 spiro atoms. The number of hydrogen-bond donors (Lipinski definition) is 2. The molecule has 1 aliphatic carbocycles. The van der Waals surface area contributed by atoms with Crippen LogP contribution in [0.3, 0.4) is 0 Å². The Bertz CT molecular complexity index is 687. The fraction of sp³-hybridized carbons (Fsp3) is 0.231. The van der Waals surface area contributed by atoms with Gasteiger partial charge in [0.05, 0.1) is 11.4 Å². The number of benzene rings is 1. The molecule has 1 atom stereocenters. The van der Waals surface area contributed by atoms with Gasteiger partial charge in [-0.1, -0.05) is 0 Å². The van der Waals surface area contributed by atoms with Gasteiger partial charge in [0.2, 0.25) is 0 Å². The normalized spacial score (nSPS) is 17.0. The van der Waals surface area contributed by atoms with Crippen LogP contribution in [0.1, 0.15) is 22.9 Å². The van der Waals surface area contributed by atoms with E-state index in [1.807, 2.05) is 0 Å². The zero-order valence-electron chi connectivity index (χ0n) is 10.2. The minimum absolute atomic E-state index is 0.00991. The number of aromatic nitrogens is 1. The van der Waals surface area contributed by atoms with Gasteiger partial charge < -0.3 is 10.4 Å². The summed E-state index contributed by atoms with van der Waals surface area (Å²) in [6, 6.07) is 3.10. The summed E-state index contributed by atoms with van der Waals surface area (Å²) >= 11 is 1.28. The zero-order valence-corrected chi connectivity index (χ0v) is 11.0. The van der Waals surface area contributed by atoms with Crippen LogP contribution in [0.2, 0.25) is 0 Å². The van der Waals surface area contributed by atoms with Crippen LogP contribution in [0.15, 0.2) is 18.2 Å². The molecule has 4 nitrogen and oxygen atoms in total. The number of thiazole rings is 1. The van der Waals surface area contributed by atoms with Gasteiger partial charge >= 0.3 is 5.97 Å². The number of carboxylic acids is 1. The van der Waals surface area contributed by atoms with Crippen LogP contribution in [0.25, 0.3) is 0 Å². The molecule has 1 heterocycles. The van der Waals surface area contributed by atoms with Crippen LogP contribution in [-0.4, -0.2) is 16.1 Å². The maximum Gasteiger partial charge on any atom is 0.312 e. The quantitative estimate of drug-likeness (QED) is 0.912. The molecule has 7 heteroatoms. The summed E-state index contributed by atoms with van der Waals surface area (Å²) in [5, 5.41) is 12.2. The number of aryl methyl sites for hydroxylation is 1. The number of hydrogen-bond acceptors (Lipinski definition) is 4. The monoisotopic (exact) mass is 296 g/mol. The Morgan fingerprint density at radius 3 is 3.00 bits per heavy atom. The van der Waals surface area contributed by atoms with E-state index in [1.54, 1.807) is 0 Å². The van der Waals surface area contributed by atoms with E-state index in [4.69, 9.17) is 5.11 Å². The summed E-state index contributed by atoms with van der Waals surface area (Å²) in [5.41, 5.74) is 0.520. The van der Waals surface area contributed by atoms with Gasteiger partial charge in [0.15, 0.2) is 5.13 Å². The number of carboxylic acid groups (broad SMARTS) is 1. The first-order valence-corrected chi connectivity index (χ1v) is 6.80. The first kappa shape index (κ1) is 13.0. The number of fused-ring (bicyclic) bond motifs is 1. The van der Waals surface area contributed by atoms with E-state index >= 15 is 0 Å². The van der Waals surface area contributed by atoms with Crippen LogP contribution in [0.4, 0.5) is 19.6 Å². The first-order valence-electron chi connectivity index (χ1n) is 5.99. The Morgan fingerprint density at radius 1 is 1.45 bits per heavy atom. The van der Waals surface area contributed by atoms with Crippen molar-refractivity contribution >= 4 is 28.1 Å². The number of nitrogens with zero attached hydrogens (tertiary/aromatic N) is 1. The lowest BCUT2D eigenvalue weighted by Crippen LogP contribution is -2.08. The molecule has 2 N–H and O–H groups in total. The highest BCUT2D eigenvalue weighted by Gasteiger charge is 2.32.